The van der Waals surface area contributed by atoms with E-state index < -0.39 is 5.41 Å². The van der Waals surface area contributed by atoms with Gasteiger partial charge in [0.2, 0.25) is 17.6 Å². The fourth-order valence-electron chi connectivity index (χ4n) is 3.59. The second-order valence-electron chi connectivity index (χ2n) is 9.24. The van der Waals surface area contributed by atoms with E-state index in [0.29, 0.717) is 34.4 Å². The molecule has 4 rings (SSSR count). The molecule has 1 fully saturated rings. The average Bonchev–Trinajstić information content (AvgIpc) is 3.27. The van der Waals surface area contributed by atoms with E-state index in [4.69, 9.17) is 4.74 Å². The summed E-state index contributed by atoms with van der Waals surface area (Å²) < 4.78 is 5.28. The summed E-state index contributed by atoms with van der Waals surface area (Å²) in [5.74, 6) is 0.355. The van der Waals surface area contributed by atoms with Crippen molar-refractivity contribution >= 4 is 45.6 Å². The van der Waals surface area contributed by atoms with E-state index in [2.05, 4.69) is 10.3 Å². The third-order valence-electron chi connectivity index (χ3n) is 5.63. The van der Waals surface area contributed by atoms with E-state index in [1.54, 1.807) is 57.0 Å². The Morgan fingerprint density at radius 1 is 1.06 bits per heavy atom. The number of hydrogen-bond acceptors (Lipinski definition) is 7. The third kappa shape index (κ3) is 5.35. The van der Waals surface area contributed by atoms with Crippen molar-refractivity contribution in [2.45, 2.75) is 20.8 Å². The first-order valence-electron chi connectivity index (χ1n) is 11.3. The fraction of sp³-hybridized carbons (Fsp3) is 0.308. The van der Waals surface area contributed by atoms with E-state index in [-0.39, 0.29) is 30.0 Å². The average molecular weight is 493 g/mol. The number of methoxy groups -OCH3 is 1. The highest BCUT2D eigenvalue weighted by atomic mass is 32.1. The summed E-state index contributed by atoms with van der Waals surface area (Å²) in [6, 6.07) is 16.3. The predicted molar refractivity (Wildman–Crippen MR) is 138 cm³/mol. The van der Waals surface area contributed by atoms with Crippen molar-refractivity contribution < 1.29 is 19.1 Å². The molecule has 3 aromatic rings. The summed E-state index contributed by atoms with van der Waals surface area (Å²) >= 11 is 1.19. The van der Waals surface area contributed by atoms with Crippen LogP contribution in [-0.4, -0.2) is 49.3 Å². The molecule has 1 aliphatic rings. The van der Waals surface area contributed by atoms with Crippen LogP contribution in [0.2, 0.25) is 0 Å². The molecule has 2 heterocycles. The maximum atomic E-state index is 13.3. The lowest BCUT2D eigenvalue weighted by Gasteiger charge is -2.34. The quantitative estimate of drug-likeness (QED) is 0.518. The van der Waals surface area contributed by atoms with Crippen LogP contribution in [-0.2, 0) is 9.59 Å². The maximum Gasteiger partial charge on any atom is 0.246 e. The van der Waals surface area contributed by atoms with Gasteiger partial charge in [-0.1, -0.05) is 68.5 Å². The van der Waals surface area contributed by atoms with Crippen molar-refractivity contribution in [3.05, 3.63) is 65.0 Å². The summed E-state index contributed by atoms with van der Waals surface area (Å²) in [5.41, 5.74) is 0.619. The van der Waals surface area contributed by atoms with Gasteiger partial charge in [-0.25, -0.2) is 4.98 Å². The lowest BCUT2D eigenvalue weighted by atomic mass is 9.96. The number of carbonyl (C=O) groups is 3. The van der Waals surface area contributed by atoms with Gasteiger partial charge >= 0.3 is 0 Å². The summed E-state index contributed by atoms with van der Waals surface area (Å²) in [5, 5.41) is 3.34. The van der Waals surface area contributed by atoms with Gasteiger partial charge in [-0.15, -0.1) is 0 Å². The largest absolute Gasteiger partial charge is 0.497 e. The SMILES string of the molecule is COc1cccc(N2CCN(c3nc(NC(=O)C(C)(C)C)c(C(=O)c4ccccc4)s3)CC2=O)c1. The Kier molecular flexibility index (Phi) is 6.88. The maximum absolute atomic E-state index is 13.3. The van der Waals surface area contributed by atoms with Gasteiger partial charge in [-0.2, -0.15) is 0 Å². The number of nitrogens with one attached hydrogen (secondary N) is 1. The van der Waals surface area contributed by atoms with Crippen molar-refractivity contribution in [3.8, 4) is 5.75 Å². The van der Waals surface area contributed by atoms with Crippen LogP contribution in [0.4, 0.5) is 16.6 Å². The van der Waals surface area contributed by atoms with E-state index >= 15 is 0 Å². The Balaban J connectivity index is 1.60. The zero-order valence-corrected chi connectivity index (χ0v) is 21.0. The Morgan fingerprint density at radius 3 is 2.46 bits per heavy atom. The lowest BCUT2D eigenvalue weighted by molar-refractivity contribution is -0.123. The standard InChI is InChI=1S/C26H28N4O4S/c1-26(2,3)24(33)27-23-22(21(32)17-9-6-5-7-10-17)35-25(28-23)29-13-14-30(20(31)16-29)18-11-8-12-19(15-18)34-4/h5-12,15H,13-14,16H2,1-4H3,(H,27,33). The molecule has 8 nitrogen and oxygen atoms in total. The minimum atomic E-state index is -0.658. The smallest absolute Gasteiger partial charge is 0.246 e. The Morgan fingerprint density at radius 2 is 1.80 bits per heavy atom. The van der Waals surface area contributed by atoms with E-state index in [9.17, 15) is 14.4 Å². The zero-order chi connectivity index (χ0) is 25.2. The molecule has 0 bridgehead atoms. The van der Waals surface area contributed by atoms with Crippen molar-refractivity contribution in [1.82, 2.24) is 4.98 Å². The number of nitrogens with zero attached hydrogens (tertiary/aromatic N) is 3. The molecular formula is C26H28N4O4S. The first-order chi connectivity index (χ1) is 16.7. The second-order valence-corrected chi connectivity index (χ2v) is 10.2. The van der Waals surface area contributed by atoms with Crippen LogP contribution >= 0.6 is 11.3 Å². The number of anilines is 3. The van der Waals surface area contributed by atoms with Crippen molar-refractivity contribution in [3.63, 3.8) is 0 Å². The number of piperazine rings is 1. The topological polar surface area (TPSA) is 91.8 Å². The number of thiazole rings is 1. The summed E-state index contributed by atoms with van der Waals surface area (Å²) in [6.45, 7) is 6.48. The molecule has 1 aromatic heterocycles. The minimum Gasteiger partial charge on any atom is -0.497 e. The monoisotopic (exact) mass is 492 g/mol. The highest BCUT2D eigenvalue weighted by molar-refractivity contribution is 7.18. The molecule has 2 amide bonds. The van der Waals surface area contributed by atoms with Gasteiger partial charge in [0.05, 0.1) is 13.7 Å². The van der Waals surface area contributed by atoms with Gasteiger partial charge in [0.1, 0.15) is 10.6 Å². The van der Waals surface area contributed by atoms with Gasteiger partial charge in [-0.3, -0.25) is 14.4 Å². The molecule has 1 N–H and O–H groups in total. The molecule has 0 unspecified atom stereocenters. The van der Waals surface area contributed by atoms with Gasteiger partial charge in [0.25, 0.3) is 0 Å². The molecule has 0 radical (unpaired) electrons. The summed E-state index contributed by atoms with van der Waals surface area (Å²) in [4.78, 5) is 47.5. The number of hydrogen-bond donors (Lipinski definition) is 1. The fourth-order valence-corrected chi connectivity index (χ4v) is 4.59. The highest BCUT2D eigenvalue weighted by Gasteiger charge is 2.31. The third-order valence-corrected chi connectivity index (χ3v) is 6.74. The Bertz CT molecular complexity index is 1250. The molecule has 0 atom stereocenters. The molecule has 0 spiro atoms. The van der Waals surface area contributed by atoms with Gasteiger partial charge in [-0.05, 0) is 12.1 Å². The van der Waals surface area contributed by atoms with Gasteiger partial charge in [0.15, 0.2) is 10.9 Å². The minimum absolute atomic E-state index is 0.0871. The van der Waals surface area contributed by atoms with Crippen LogP contribution in [0, 0.1) is 5.41 Å². The predicted octanol–water partition coefficient (Wildman–Crippen LogP) is 4.22. The number of ether oxygens (including phenoxy) is 1. The molecule has 0 aliphatic carbocycles. The first kappa shape index (κ1) is 24.4. The summed E-state index contributed by atoms with van der Waals surface area (Å²) in [7, 11) is 1.59. The van der Waals surface area contributed by atoms with E-state index in [1.165, 1.54) is 11.3 Å². The first-order valence-corrected chi connectivity index (χ1v) is 12.1. The Hall–Kier alpha value is -3.72. The van der Waals surface area contributed by atoms with Crippen LogP contribution in [0.25, 0.3) is 0 Å². The number of ketones is 1. The van der Waals surface area contributed by atoms with Crippen molar-refractivity contribution in [2.75, 3.05) is 41.9 Å². The number of amides is 2. The van der Waals surface area contributed by atoms with Crippen LogP contribution in [0.1, 0.15) is 36.0 Å². The molecule has 2 aromatic carbocycles. The zero-order valence-electron chi connectivity index (χ0n) is 20.2. The van der Waals surface area contributed by atoms with Crippen LogP contribution in [0.3, 0.4) is 0 Å². The number of rotatable bonds is 6. The molecule has 0 saturated carbocycles. The molecule has 182 valence electrons. The lowest BCUT2D eigenvalue weighted by Crippen LogP contribution is -2.50. The van der Waals surface area contributed by atoms with Crippen LogP contribution < -0.4 is 19.9 Å². The van der Waals surface area contributed by atoms with E-state index in [0.717, 1.165) is 5.69 Å². The van der Waals surface area contributed by atoms with Crippen LogP contribution in [0.5, 0.6) is 5.75 Å². The molecule has 1 aliphatic heterocycles. The van der Waals surface area contributed by atoms with Crippen LogP contribution in [0.15, 0.2) is 54.6 Å². The van der Waals surface area contributed by atoms with Gasteiger partial charge < -0.3 is 19.9 Å². The van der Waals surface area contributed by atoms with E-state index in [1.807, 2.05) is 35.2 Å². The molecule has 35 heavy (non-hydrogen) atoms. The van der Waals surface area contributed by atoms with Crippen molar-refractivity contribution in [2.24, 2.45) is 5.41 Å². The van der Waals surface area contributed by atoms with Gasteiger partial charge in [0, 0.05) is 35.8 Å². The molecule has 1 saturated heterocycles. The normalized spacial score (nSPS) is 14.1. The number of carbonyl (C=O) groups excluding carboxylic acids is 3. The molecular weight excluding hydrogens is 464 g/mol. The Labute approximate surface area is 208 Å². The second kappa shape index (κ2) is 9.87. The number of benzene rings is 2. The summed E-state index contributed by atoms with van der Waals surface area (Å²) in [6.07, 6.45) is 0. The number of aromatic nitrogens is 1. The van der Waals surface area contributed by atoms with Crippen molar-refractivity contribution in [1.29, 1.82) is 0 Å². The highest BCUT2D eigenvalue weighted by Crippen LogP contribution is 2.34. The molecule has 9 heteroatoms.